The molecule has 0 spiro atoms. The van der Waals surface area contributed by atoms with E-state index in [2.05, 4.69) is 5.32 Å². The summed E-state index contributed by atoms with van der Waals surface area (Å²) in [6, 6.07) is 16.9. The van der Waals surface area contributed by atoms with E-state index in [1.807, 2.05) is 59.5 Å². The van der Waals surface area contributed by atoms with E-state index in [9.17, 15) is 9.59 Å². The SMILES string of the molecule is O=C(CC1CCN(C(=O)c2ccccc2)CC1)NCc1cccc(Cl)c1. The molecule has 0 bridgehead atoms. The van der Waals surface area contributed by atoms with Gasteiger partial charge < -0.3 is 10.2 Å². The minimum Gasteiger partial charge on any atom is -0.352 e. The van der Waals surface area contributed by atoms with Crippen molar-refractivity contribution in [2.45, 2.75) is 25.8 Å². The van der Waals surface area contributed by atoms with Crippen LogP contribution >= 0.6 is 11.6 Å². The van der Waals surface area contributed by atoms with Crippen LogP contribution in [0.5, 0.6) is 0 Å². The van der Waals surface area contributed by atoms with Crippen molar-refractivity contribution in [2.24, 2.45) is 5.92 Å². The molecule has 26 heavy (non-hydrogen) atoms. The monoisotopic (exact) mass is 370 g/mol. The van der Waals surface area contributed by atoms with Crippen molar-refractivity contribution < 1.29 is 9.59 Å². The number of nitrogens with zero attached hydrogens (tertiary/aromatic N) is 1. The second kappa shape index (κ2) is 8.86. The quantitative estimate of drug-likeness (QED) is 0.867. The Morgan fingerprint density at radius 3 is 2.46 bits per heavy atom. The van der Waals surface area contributed by atoms with Crippen molar-refractivity contribution in [3.05, 3.63) is 70.7 Å². The number of carbonyl (C=O) groups is 2. The fraction of sp³-hybridized carbons (Fsp3) is 0.333. The summed E-state index contributed by atoms with van der Waals surface area (Å²) in [6.45, 7) is 1.91. The molecule has 0 aliphatic carbocycles. The number of carbonyl (C=O) groups excluding carboxylic acids is 2. The van der Waals surface area contributed by atoms with E-state index in [-0.39, 0.29) is 11.8 Å². The van der Waals surface area contributed by atoms with Crippen LogP contribution in [0.2, 0.25) is 5.02 Å². The summed E-state index contributed by atoms with van der Waals surface area (Å²) in [4.78, 5) is 26.5. The smallest absolute Gasteiger partial charge is 0.253 e. The molecular weight excluding hydrogens is 348 g/mol. The maximum Gasteiger partial charge on any atom is 0.253 e. The van der Waals surface area contributed by atoms with E-state index in [1.165, 1.54) is 0 Å². The number of hydrogen-bond donors (Lipinski definition) is 1. The van der Waals surface area contributed by atoms with Crippen LogP contribution in [0.1, 0.15) is 35.2 Å². The topological polar surface area (TPSA) is 49.4 Å². The number of piperidine rings is 1. The van der Waals surface area contributed by atoms with E-state index in [0.717, 1.165) is 24.0 Å². The Morgan fingerprint density at radius 1 is 1.04 bits per heavy atom. The predicted octanol–water partition coefficient (Wildman–Crippen LogP) is 3.90. The largest absolute Gasteiger partial charge is 0.352 e. The van der Waals surface area contributed by atoms with Crippen LogP contribution in [0.4, 0.5) is 0 Å². The van der Waals surface area contributed by atoms with E-state index in [4.69, 9.17) is 11.6 Å². The number of amides is 2. The molecule has 0 aromatic heterocycles. The highest BCUT2D eigenvalue weighted by Gasteiger charge is 2.24. The van der Waals surface area contributed by atoms with E-state index >= 15 is 0 Å². The average Bonchev–Trinajstić information content (AvgIpc) is 2.67. The van der Waals surface area contributed by atoms with Crippen LogP contribution in [0.3, 0.4) is 0 Å². The Balaban J connectivity index is 1.42. The van der Waals surface area contributed by atoms with Crippen LogP contribution < -0.4 is 5.32 Å². The summed E-state index contributed by atoms with van der Waals surface area (Å²) in [5, 5.41) is 3.63. The van der Waals surface area contributed by atoms with Crippen LogP contribution in [0, 0.1) is 5.92 Å². The zero-order valence-electron chi connectivity index (χ0n) is 14.7. The highest BCUT2D eigenvalue weighted by atomic mass is 35.5. The minimum absolute atomic E-state index is 0.0535. The number of rotatable bonds is 5. The first kappa shape index (κ1) is 18.5. The molecule has 0 radical (unpaired) electrons. The molecule has 5 heteroatoms. The Hall–Kier alpha value is -2.33. The van der Waals surface area contributed by atoms with Crippen LogP contribution in [-0.2, 0) is 11.3 Å². The number of benzene rings is 2. The van der Waals surface area contributed by atoms with E-state index in [1.54, 1.807) is 0 Å². The van der Waals surface area contributed by atoms with Gasteiger partial charge in [-0.05, 0) is 48.6 Å². The number of halogens is 1. The fourth-order valence-electron chi connectivity index (χ4n) is 3.29. The molecule has 1 heterocycles. The third-order valence-corrected chi connectivity index (χ3v) is 5.01. The van der Waals surface area contributed by atoms with Crippen molar-refractivity contribution in [3.8, 4) is 0 Å². The van der Waals surface area contributed by atoms with Crippen LogP contribution in [0.25, 0.3) is 0 Å². The predicted molar refractivity (Wildman–Crippen MR) is 103 cm³/mol. The van der Waals surface area contributed by atoms with Crippen molar-refractivity contribution in [1.29, 1.82) is 0 Å². The molecule has 2 aromatic carbocycles. The number of hydrogen-bond acceptors (Lipinski definition) is 2. The Morgan fingerprint density at radius 2 is 1.77 bits per heavy atom. The first-order chi connectivity index (χ1) is 12.6. The number of likely N-dealkylation sites (tertiary alicyclic amines) is 1. The molecule has 0 saturated carbocycles. The van der Waals surface area contributed by atoms with Crippen molar-refractivity contribution in [3.63, 3.8) is 0 Å². The number of nitrogens with one attached hydrogen (secondary N) is 1. The van der Waals surface area contributed by atoms with Gasteiger partial charge in [-0.2, -0.15) is 0 Å². The molecule has 1 N–H and O–H groups in total. The molecule has 1 saturated heterocycles. The highest BCUT2D eigenvalue weighted by molar-refractivity contribution is 6.30. The molecule has 0 atom stereocenters. The minimum atomic E-state index is 0.0535. The fourth-order valence-corrected chi connectivity index (χ4v) is 3.50. The van der Waals surface area contributed by atoms with Gasteiger partial charge in [-0.1, -0.05) is 41.9 Å². The third kappa shape index (κ3) is 5.09. The molecule has 3 rings (SSSR count). The second-order valence-corrected chi connectivity index (χ2v) is 7.15. The Bertz CT molecular complexity index is 756. The van der Waals surface area contributed by atoms with Gasteiger partial charge in [0, 0.05) is 36.6 Å². The van der Waals surface area contributed by atoms with Crippen molar-refractivity contribution >= 4 is 23.4 Å². The zero-order valence-corrected chi connectivity index (χ0v) is 15.4. The summed E-state index contributed by atoms with van der Waals surface area (Å²) in [7, 11) is 0. The van der Waals surface area contributed by atoms with Gasteiger partial charge in [-0.15, -0.1) is 0 Å². The summed E-state index contributed by atoms with van der Waals surface area (Å²) in [6.07, 6.45) is 2.24. The van der Waals surface area contributed by atoms with Gasteiger partial charge in [0.15, 0.2) is 0 Å². The van der Waals surface area contributed by atoms with E-state index in [0.29, 0.717) is 37.0 Å². The van der Waals surface area contributed by atoms with Crippen molar-refractivity contribution in [1.82, 2.24) is 10.2 Å². The average molecular weight is 371 g/mol. The zero-order chi connectivity index (χ0) is 18.4. The Kier molecular flexibility index (Phi) is 6.29. The maximum absolute atomic E-state index is 12.5. The molecule has 0 unspecified atom stereocenters. The summed E-state index contributed by atoms with van der Waals surface area (Å²) < 4.78 is 0. The van der Waals surface area contributed by atoms with Gasteiger partial charge in [-0.25, -0.2) is 0 Å². The molecule has 1 aliphatic rings. The van der Waals surface area contributed by atoms with Gasteiger partial charge >= 0.3 is 0 Å². The lowest BCUT2D eigenvalue weighted by molar-refractivity contribution is -0.122. The summed E-state index contributed by atoms with van der Waals surface area (Å²) in [5.41, 5.74) is 1.72. The molecule has 4 nitrogen and oxygen atoms in total. The maximum atomic E-state index is 12.5. The first-order valence-electron chi connectivity index (χ1n) is 8.97. The van der Waals surface area contributed by atoms with Gasteiger partial charge in [0.1, 0.15) is 0 Å². The molecular formula is C21H23ClN2O2. The lowest BCUT2D eigenvalue weighted by Crippen LogP contribution is -2.39. The third-order valence-electron chi connectivity index (χ3n) is 4.78. The highest BCUT2D eigenvalue weighted by Crippen LogP contribution is 2.22. The lowest BCUT2D eigenvalue weighted by Gasteiger charge is -2.31. The normalized spacial score (nSPS) is 14.9. The molecule has 1 fully saturated rings. The Labute approximate surface area is 159 Å². The molecule has 2 aromatic rings. The first-order valence-corrected chi connectivity index (χ1v) is 9.35. The second-order valence-electron chi connectivity index (χ2n) is 6.71. The van der Waals surface area contributed by atoms with E-state index < -0.39 is 0 Å². The summed E-state index contributed by atoms with van der Waals surface area (Å²) >= 11 is 5.95. The molecule has 2 amide bonds. The van der Waals surface area contributed by atoms with Crippen LogP contribution in [-0.4, -0.2) is 29.8 Å². The molecule has 136 valence electrons. The van der Waals surface area contributed by atoms with Crippen LogP contribution in [0.15, 0.2) is 54.6 Å². The summed E-state index contributed by atoms with van der Waals surface area (Å²) in [5.74, 6) is 0.460. The van der Waals surface area contributed by atoms with Gasteiger partial charge in [0.2, 0.25) is 5.91 Å². The van der Waals surface area contributed by atoms with Gasteiger partial charge in [-0.3, -0.25) is 9.59 Å². The molecule has 1 aliphatic heterocycles. The van der Waals surface area contributed by atoms with Gasteiger partial charge in [0.05, 0.1) is 0 Å². The standard InChI is InChI=1S/C21H23ClN2O2/c22-19-8-4-5-17(13-19)15-23-20(25)14-16-9-11-24(12-10-16)21(26)18-6-2-1-3-7-18/h1-8,13,16H,9-12,14-15H2,(H,23,25). The van der Waals surface area contributed by atoms with Crippen molar-refractivity contribution in [2.75, 3.05) is 13.1 Å². The lowest BCUT2D eigenvalue weighted by atomic mass is 9.93. The van der Waals surface area contributed by atoms with Gasteiger partial charge in [0.25, 0.3) is 5.91 Å².